The molecule has 0 unspecified atom stereocenters. The van der Waals surface area contributed by atoms with Crippen LogP contribution in [-0.2, 0) is 9.53 Å². The van der Waals surface area contributed by atoms with E-state index in [4.69, 9.17) is 4.74 Å². The van der Waals surface area contributed by atoms with Crippen LogP contribution in [0.25, 0.3) is 0 Å². The van der Waals surface area contributed by atoms with E-state index in [1.54, 1.807) is 0 Å². The molecule has 5 heteroatoms. The van der Waals surface area contributed by atoms with E-state index in [0.717, 1.165) is 31.9 Å². The van der Waals surface area contributed by atoms with Crippen LogP contribution in [0.4, 0.5) is 0 Å². The van der Waals surface area contributed by atoms with E-state index in [9.17, 15) is 4.79 Å². The van der Waals surface area contributed by atoms with Gasteiger partial charge in [0, 0.05) is 19.6 Å². The highest BCUT2D eigenvalue weighted by Crippen LogP contribution is 2.07. The van der Waals surface area contributed by atoms with Crippen molar-refractivity contribution in [3.63, 3.8) is 0 Å². The third kappa shape index (κ3) is 9.64. The molecule has 0 aromatic heterocycles. The number of carbonyl (C=O) groups excluding carboxylic acids is 1. The number of hydrogen-bond acceptors (Lipinski definition) is 3. The van der Waals surface area contributed by atoms with E-state index in [-0.39, 0.29) is 12.1 Å². The Morgan fingerprint density at radius 2 is 1.80 bits per heavy atom. The third-order valence-corrected chi connectivity index (χ3v) is 3.00. The first kappa shape index (κ1) is 18.7. The maximum atomic E-state index is 11.4. The zero-order valence-corrected chi connectivity index (χ0v) is 13.7. The number of esters is 1. The summed E-state index contributed by atoms with van der Waals surface area (Å²) < 4.78 is 5.09. The number of nitrogens with zero attached hydrogens (tertiary/aromatic N) is 1. The lowest BCUT2D eigenvalue weighted by Gasteiger charge is -2.14. The minimum Gasteiger partial charge on any atom is -0.463 e. The first-order chi connectivity index (χ1) is 9.53. The van der Waals surface area contributed by atoms with Crippen molar-refractivity contribution in [3.8, 4) is 0 Å². The molecule has 0 fully saturated rings. The van der Waals surface area contributed by atoms with Crippen molar-refractivity contribution in [1.82, 2.24) is 10.6 Å². The van der Waals surface area contributed by atoms with E-state index in [0.29, 0.717) is 18.9 Å². The van der Waals surface area contributed by atoms with Crippen LogP contribution in [-0.4, -0.2) is 37.7 Å². The van der Waals surface area contributed by atoms with E-state index in [2.05, 4.69) is 29.5 Å². The summed E-state index contributed by atoms with van der Waals surface area (Å²) in [5.74, 6) is 1.22. The molecule has 0 spiro atoms. The summed E-state index contributed by atoms with van der Waals surface area (Å²) in [6.07, 6.45) is 2.58. The molecule has 0 bridgehead atoms. The van der Waals surface area contributed by atoms with Crippen molar-refractivity contribution in [2.75, 3.05) is 19.6 Å². The molecule has 0 aliphatic heterocycles. The molecule has 0 amide bonds. The molecule has 0 rings (SSSR count). The van der Waals surface area contributed by atoms with Gasteiger partial charge in [-0.1, -0.05) is 26.7 Å². The smallest absolute Gasteiger partial charge is 0.307 e. The summed E-state index contributed by atoms with van der Waals surface area (Å²) in [7, 11) is 0. The first-order valence-electron chi connectivity index (χ1n) is 7.75. The second-order valence-electron chi connectivity index (χ2n) is 5.12. The van der Waals surface area contributed by atoms with Gasteiger partial charge in [-0.25, -0.2) is 0 Å². The molecule has 118 valence electrons. The van der Waals surface area contributed by atoms with Crippen molar-refractivity contribution in [2.24, 2.45) is 10.9 Å². The molecule has 0 saturated carbocycles. The predicted molar refractivity (Wildman–Crippen MR) is 83.9 cm³/mol. The molecule has 0 radical (unpaired) electrons. The summed E-state index contributed by atoms with van der Waals surface area (Å²) >= 11 is 0. The zero-order valence-electron chi connectivity index (χ0n) is 13.7. The Hall–Kier alpha value is -1.26. The summed E-state index contributed by atoms with van der Waals surface area (Å²) in [6.45, 7) is 12.3. The number of nitrogens with one attached hydrogen (secondary N) is 2. The Kier molecular flexibility index (Phi) is 10.8. The Bertz CT molecular complexity index is 287. The summed E-state index contributed by atoms with van der Waals surface area (Å²) in [6, 6.07) is 0. The van der Waals surface area contributed by atoms with E-state index < -0.39 is 0 Å². The molecule has 0 aliphatic carbocycles. The summed E-state index contributed by atoms with van der Waals surface area (Å²) in [5.41, 5.74) is 0. The minimum atomic E-state index is -0.177. The normalized spacial score (nSPS) is 11.8. The van der Waals surface area contributed by atoms with Crippen molar-refractivity contribution < 1.29 is 9.53 Å². The number of rotatable bonds is 9. The van der Waals surface area contributed by atoms with Crippen LogP contribution in [0.3, 0.4) is 0 Å². The van der Waals surface area contributed by atoms with Crippen molar-refractivity contribution in [2.45, 2.75) is 60.0 Å². The highest BCUT2D eigenvalue weighted by Gasteiger charge is 2.07. The fourth-order valence-corrected chi connectivity index (χ4v) is 1.71. The number of hydrogen-bond donors (Lipinski definition) is 2. The largest absolute Gasteiger partial charge is 0.463 e. The molecule has 0 atom stereocenters. The molecule has 0 aromatic rings. The van der Waals surface area contributed by atoms with E-state index >= 15 is 0 Å². The maximum Gasteiger partial charge on any atom is 0.307 e. The topological polar surface area (TPSA) is 62.7 Å². The molecular formula is C15H31N3O2. The van der Waals surface area contributed by atoms with Gasteiger partial charge in [-0.2, -0.15) is 0 Å². The Labute approximate surface area is 123 Å². The fourth-order valence-electron chi connectivity index (χ4n) is 1.71. The SMILES string of the molecule is CCNC(=NCC(CC)CC)NCCC(=O)OC(C)C. The molecule has 0 heterocycles. The summed E-state index contributed by atoms with van der Waals surface area (Å²) in [4.78, 5) is 16.0. The second-order valence-corrected chi connectivity index (χ2v) is 5.12. The fraction of sp³-hybridized carbons (Fsp3) is 0.867. The van der Waals surface area contributed by atoms with Gasteiger partial charge in [-0.3, -0.25) is 9.79 Å². The van der Waals surface area contributed by atoms with Gasteiger partial charge in [0.15, 0.2) is 5.96 Å². The lowest BCUT2D eigenvalue weighted by Crippen LogP contribution is -2.38. The molecule has 20 heavy (non-hydrogen) atoms. The van der Waals surface area contributed by atoms with Crippen molar-refractivity contribution in [1.29, 1.82) is 0 Å². The van der Waals surface area contributed by atoms with Gasteiger partial charge in [-0.15, -0.1) is 0 Å². The van der Waals surface area contributed by atoms with Crippen molar-refractivity contribution in [3.05, 3.63) is 0 Å². The quantitative estimate of drug-likeness (QED) is 0.388. The van der Waals surface area contributed by atoms with E-state index in [1.165, 1.54) is 0 Å². The highest BCUT2D eigenvalue weighted by molar-refractivity contribution is 5.80. The lowest BCUT2D eigenvalue weighted by molar-refractivity contribution is -0.147. The van der Waals surface area contributed by atoms with Gasteiger partial charge in [0.2, 0.25) is 0 Å². The monoisotopic (exact) mass is 285 g/mol. The van der Waals surface area contributed by atoms with Crippen LogP contribution in [0, 0.1) is 5.92 Å². The molecule has 0 aromatic carbocycles. The predicted octanol–water partition coefficient (Wildman–Crippen LogP) is 2.32. The first-order valence-corrected chi connectivity index (χ1v) is 7.75. The Morgan fingerprint density at radius 1 is 1.15 bits per heavy atom. The van der Waals surface area contributed by atoms with Crippen LogP contribution < -0.4 is 10.6 Å². The Morgan fingerprint density at radius 3 is 2.30 bits per heavy atom. The number of aliphatic imine (C=N–C) groups is 1. The van der Waals surface area contributed by atoms with Gasteiger partial charge in [0.05, 0.1) is 12.5 Å². The standard InChI is InChI=1S/C15H31N3O2/c1-6-13(7-2)11-18-15(16-8-3)17-10-9-14(19)20-12(4)5/h12-13H,6-11H2,1-5H3,(H2,16,17,18). The van der Waals surface area contributed by atoms with E-state index in [1.807, 2.05) is 20.8 Å². The maximum absolute atomic E-state index is 11.4. The second kappa shape index (κ2) is 11.6. The summed E-state index contributed by atoms with van der Waals surface area (Å²) in [5, 5.41) is 6.35. The highest BCUT2D eigenvalue weighted by atomic mass is 16.5. The van der Waals surface area contributed by atoms with Gasteiger partial charge in [0.25, 0.3) is 0 Å². The van der Waals surface area contributed by atoms with Crippen molar-refractivity contribution >= 4 is 11.9 Å². The average Bonchev–Trinajstić information content (AvgIpc) is 2.38. The van der Waals surface area contributed by atoms with Crippen LogP contribution in [0.15, 0.2) is 4.99 Å². The van der Waals surface area contributed by atoms with Gasteiger partial charge in [-0.05, 0) is 26.7 Å². The Balaban J connectivity index is 4.13. The van der Waals surface area contributed by atoms with Crippen LogP contribution in [0.5, 0.6) is 0 Å². The molecule has 2 N–H and O–H groups in total. The van der Waals surface area contributed by atoms with Gasteiger partial charge >= 0.3 is 5.97 Å². The van der Waals surface area contributed by atoms with Crippen LogP contribution in [0.2, 0.25) is 0 Å². The number of guanidine groups is 1. The van der Waals surface area contributed by atoms with Crippen LogP contribution in [0.1, 0.15) is 53.9 Å². The molecule has 0 aliphatic rings. The number of carbonyl (C=O) groups is 1. The van der Waals surface area contributed by atoms with Crippen LogP contribution >= 0.6 is 0 Å². The lowest BCUT2D eigenvalue weighted by atomic mass is 10.0. The zero-order chi connectivity index (χ0) is 15.4. The third-order valence-electron chi connectivity index (χ3n) is 3.00. The van der Waals surface area contributed by atoms with Gasteiger partial charge < -0.3 is 15.4 Å². The average molecular weight is 285 g/mol. The molecule has 0 saturated heterocycles. The molecular weight excluding hydrogens is 254 g/mol. The number of ether oxygens (including phenoxy) is 1. The van der Waals surface area contributed by atoms with Gasteiger partial charge in [0.1, 0.15) is 0 Å². The molecule has 5 nitrogen and oxygen atoms in total. The minimum absolute atomic E-state index is 0.0562.